The number of hydrogen-bond acceptors (Lipinski definition) is 7. The molecule has 1 unspecified atom stereocenters. The molecule has 1 atom stereocenters. The van der Waals surface area contributed by atoms with Crippen molar-refractivity contribution >= 4 is 5.97 Å². The molecule has 0 saturated heterocycles. The zero-order valence-electron chi connectivity index (χ0n) is 19.9. The lowest BCUT2D eigenvalue weighted by Crippen LogP contribution is -2.29. The Morgan fingerprint density at radius 2 is 1.81 bits per heavy atom. The van der Waals surface area contributed by atoms with Gasteiger partial charge in [-0.05, 0) is 42.7 Å². The molecule has 4 rings (SSSR count). The molecule has 0 radical (unpaired) electrons. The topological polar surface area (TPSA) is 138 Å². The van der Waals surface area contributed by atoms with Crippen molar-refractivity contribution in [1.82, 2.24) is 14.8 Å². The maximum Gasteiger partial charge on any atom is 0.306 e. The van der Waals surface area contributed by atoms with Gasteiger partial charge in [0.25, 0.3) is 5.56 Å². The normalized spacial score (nSPS) is 11.8. The van der Waals surface area contributed by atoms with Crippen molar-refractivity contribution < 1.29 is 24.9 Å². The third-order valence-corrected chi connectivity index (χ3v) is 6.24. The van der Waals surface area contributed by atoms with Gasteiger partial charge in [-0.25, -0.2) is 0 Å². The number of aromatic hydroxyl groups is 3. The minimum atomic E-state index is -0.816. The molecule has 0 spiro atoms. The van der Waals surface area contributed by atoms with E-state index in [4.69, 9.17) is 4.74 Å². The minimum absolute atomic E-state index is 0.0677. The van der Waals surface area contributed by atoms with Crippen LogP contribution >= 0.6 is 0 Å². The highest BCUT2D eigenvalue weighted by atomic mass is 16.5. The number of carbonyl (C=O) groups excluding carboxylic acids is 1. The van der Waals surface area contributed by atoms with Crippen LogP contribution in [0.4, 0.5) is 0 Å². The van der Waals surface area contributed by atoms with E-state index in [1.165, 1.54) is 29.9 Å². The third-order valence-electron chi connectivity index (χ3n) is 6.24. The molecule has 4 aromatic rings. The van der Waals surface area contributed by atoms with Crippen LogP contribution in [0.15, 0.2) is 65.6 Å². The number of aryl methyl sites for hydroxylation is 2. The fourth-order valence-corrected chi connectivity index (χ4v) is 4.35. The van der Waals surface area contributed by atoms with E-state index in [0.717, 1.165) is 11.1 Å². The average molecular weight is 490 g/mol. The molecule has 0 aliphatic rings. The summed E-state index contributed by atoms with van der Waals surface area (Å²) in [7, 11) is 1.27. The predicted molar refractivity (Wildman–Crippen MR) is 133 cm³/mol. The van der Waals surface area contributed by atoms with Crippen molar-refractivity contribution in [3.8, 4) is 28.5 Å². The van der Waals surface area contributed by atoms with Gasteiger partial charge in [0.1, 0.15) is 5.75 Å². The van der Waals surface area contributed by atoms with Gasteiger partial charge >= 0.3 is 5.97 Å². The van der Waals surface area contributed by atoms with Gasteiger partial charge in [-0.1, -0.05) is 36.4 Å². The summed E-state index contributed by atoms with van der Waals surface area (Å²) >= 11 is 0. The maximum absolute atomic E-state index is 13.7. The van der Waals surface area contributed by atoms with E-state index >= 15 is 0 Å². The van der Waals surface area contributed by atoms with Crippen LogP contribution in [0.5, 0.6) is 17.2 Å². The Morgan fingerprint density at radius 1 is 1.06 bits per heavy atom. The zero-order chi connectivity index (χ0) is 25.8. The molecule has 0 aliphatic carbocycles. The molecule has 0 saturated carbocycles. The number of ether oxygens (including phenoxy) is 1. The summed E-state index contributed by atoms with van der Waals surface area (Å²) < 4.78 is 6.42. The number of esters is 1. The number of nitrogens with one attached hydrogen (secondary N) is 1. The van der Waals surface area contributed by atoms with Gasteiger partial charge in [-0.2, -0.15) is 5.10 Å². The van der Waals surface area contributed by atoms with Crippen LogP contribution in [0.2, 0.25) is 0 Å². The molecule has 2 heterocycles. The van der Waals surface area contributed by atoms with E-state index in [1.807, 2.05) is 30.3 Å². The van der Waals surface area contributed by atoms with Crippen LogP contribution in [0.3, 0.4) is 0 Å². The van der Waals surface area contributed by atoms with Crippen LogP contribution in [0.25, 0.3) is 11.3 Å². The largest absolute Gasteiger partial charge is 0.507 e. The number of hydrogen-bond donors (Lipinski definition) is 4. The number of nitrogens with zero attached hydrogens (tertiary/aromatic N) is 2. The van der Waals surface area contributed by atoms with Gasteiger partial charge in [0.15, 0.2) is 11.5 Å². The summed E-state index contributed by atoms with van der Waals surface area (Å²) in [6.07, 6.45) is 1.77. The molecular formula is C27H27N3O6. The highest BCUT2D eigenvalue weighted by Crippen LogP contribution is 2.37. The average Bonchev–Trinajstić information content (AvgIpc) is 3.35. The fraction of sp³-hybridized carbons (Fsp3) is 0.222. The lowest BCUT2D eigenvalue weighted by Gasteiger charge is -2.20. The summed E-state index contributed by atoms with van der Waals surface area (Å²) in [5, 5.41) is 37.4. The molecule has 36 heavy (non-hydrogen) atoms. The summed E-state index contributed by atoms with van der Waals surface area (Å²) in [6, 6.07) is 15.4. The summed E-state index contributed by atoms with van der Waals surface area (Å²) in [5.74, 6) is -2.03. The Hall–Kier alpha value is -4.53. The molecule has 4 N–H and O–H groups in total. The first-order chi connectivity index (χ1) is 17.3. The van der Waals surface area contributed by atoms with Crippen molar-refractivity contribution in [2.45, 2.75) is 32.2 Å². The second-order valence-electron chi connectivity index (χ2n) is 8.51. The van der Waals surface area contributed by atoms with Gasteiger partial charge in [0.2, 0.25) is 0 Å². The molecule has 0 aliphatic heterocycles. The van der Waals surface area contributed by atoms with E-state index in [1.54, 1.807) is 19.2 Å². The highest BCUT2D eigenvalue weighted by Gasteiger charge is 2.29. The van der Waals surface area contributed by atoms with E-state index in [0.29, 0.717) is 23.4 Å². The maximum atomic E-state index is 13.7. The SMILES string of the molecule is COC(=O)CC(c1cn[nH]c1-c1ccccc1)c1c(O)cc(C)n(CCc2ccc(O)c(O)c2)c1=O. The van der Waals surface area contributed by atoms with Gasteiger partial charge in [-0.15, -0.1) is 0 Å². The molecule has 9 nitrogen and oxygen atoms in total. The van der Waals surface area contributed by atoms with Crippen LogP contribution in [0.1, 0.15) is 34.7 Å². The third kappa shape index (κ3) is 4.95. The number of aromatic amines is 1. The van der Waals surface area contributed by atoms with Crippen molar-refractivity contribution in [3.05, 3.63) is 93.5 Å². The van der Waals surface area contributed by atoms with Crippen molar-refractivity contribution in [2.24, 2.45) is 0 Å². The van der Waals surface area contributed by atoms with Gasteiger partial charge in [0, 0.05) is 23.7 Å². The molecule has 0 bridgehead atoms. The molecular weight excluding hydrogens is 462 g/mol. The minimum Gasteiger partial charge on any atom is -0.507 e. The highest BCUT2D eigenvalue weighted by molar-refractivity contribution is 5.73. The lowest BCUT2D eigenvalue weighted by molar-refractivity contribution is -0.140. The fourth-order valence-electron chi connectivity index (χ4n) is 4.35. The van der Waals surface area contributed by atoms with Gasteiger partial charge < -0.3 is 24.6 Å². The number of carbonyl (C=O) groups is 1. The molecule has 0 fully saturated rings. The van der Waals surface area contributed by atoms with Crippen molar-refractivity contribution in [3.63, 3.8) is 0 Å². The number of rotatable bonds is 8. The molecule has 2 aromatic carbocycles. The van der Waals surface area contributed by atoms with Crippen molar-refractivity contribution in [1.29, 1.82) is 0 Å². The predicted octanol–water partition coefficient (Wildman–Crippen LogP) is 3.60. The monoisotopic (exact) mass is 489 g/mol. The van der Waals surface area contributed by atoms with Gasteiger partial charge in [-0.3, -0.25) is 14.7 Å². The van der Waals surface area contributed by atoms with E-state index < -0.39 is 17.4 Å². The van der Waals surface area contributed by atoms with Crippen LogP contribution < -0.4 is 5.56 Å². The standard InChI is InChI=1S/C27H27N3O6/c1-16-12-23(33)25(27(35)30(16)11-10-17-8-9-21(31)22(32)13-17)19(14-24(34)36-2)20-15-28-29-26(20)18-6-4-3-5-7-18/h3-9,12-13,15,19,31-33H,10-11,14H2,1-2H3,(H,28,29). The Bertz CT molecular complexity index is 1440. The Kier molecular flexibility index (Phi) is 7.10. The summed E-state index contributed by atoms with van der Waals surface area (Å²) in [4.78, 5) is 26.1. The molecule has 186 valence electrons. The second-order valence-corrected chi connectivity index (χ2v) is 8.51. The van der Waals surface area contributed by atoms with Crippen molar-refractivity contribution in [2.75, 3.05) is 7.11 Å². The number of aromatic nitrogens is 3. The number of methoxy groups -OCH3 is 1. The van der Waals surface area contributed by atoms with E-state index in [9.17, 15) is 24.9 Å². The van der Waals surface area contributed by atoms with Gasteiger partial charge in [0.05, 0.1) is 31.0 Å². The number of phenolic OH excluding ortho intramolecular Hbond substituents is 2. The first-order valence-electron chi connectivity index (χ1n) is 11.4. The van der Waals surface area contributed by atoms with E-state index in [-0.39, 0.29) is 35.8 Å². The first kappa shape index (κ1) is 24.6. The van der Waals surface area contributed by atoms with Crippen LogP contribution in [-0.2, 0) is 22.5 Å². The zero-order valence-corrected chi connectivity index (χ0v) is 19.9. The number of pyridine rings is 1. The smallest absolute Gasteiger partial charge is 0.306 e. The Morgan fingerprint density at radius 3 is 2.50 bits per heavy atom. The quantitative estimate of drug-likeness (QED) is 0.219. The molecule has 9 heteroatoms. The van der Waals surface area contributed by atoms with E-state index in [2.05, 4.69) is 10.2 Å². The molecule has 0 amide bonds. The number of phenols is 2. The molecule has 2 aromatic heterocycles. The number of H-pyrrole nitrogens is 1. The Balaban J connectivity index is 1.79. The van der Waals surface area contributed by atoms with Crippen LogP contribution in [0, 0.1) is 6.92 Å². The second kappa shape index (κ2) is 10.4. The summed E-state index contributed by atoms with van der Waals surface area (Å²) in [6.45, 7) is 1.96. The van der Waals surface area contributed by atoms with Crippen LogP contribution in [-0.4, -0.2) is 43.2 Å². The Labute approximate surface area is 207 Å². The summed E-state index contributed by atoms with van der Waals surface area (Å²) in [5.41, 5.74) is 2.92. The lowest BCUT2D eigenvalue weighted by atomic mass is 9.87. The first-order valence-corrected chi connectivity index (χ1v) is 11.4. The number of benzene rings is 2.